The van der Waals surface area contributed by atoms with Gasteiger partial charge in [0, 0.05) is 0 Å². The Morgan fingerprint density at radius 3 is 1.17 bits per heavy atom. The van der Waals surface area contributed by atoms with Crippen LogP contribution in [0.3, 0.4) is 0 Å². The van der Waals surface area contributed by atoms with Crippen LogP contribution in [0.2, 0.25) is 0 Å². The second kappa shape index (κ2) is 2.12. The molecule has 0 spiro atoms. The van der Waals surface area contributed by atoms with Gasteiger partial charge in [-0.05, 0) is 0 Å². The van der Waals surface area contributed by atoms with Crippen molar-refractivity contribution in [1.29, 1.82) is 0 Å². The van der Waals surface area contributed by atoms with Gasteiger partial charge in [-0.1, -0.05) is 0 Å². The first-order valence-electron chi connectivity index (χ1n) is 2.45. The van der Waals surface area contributed by atoms with Crippen LogP contribution in [-0.4, -0.2) is 20.0 Å². The molecule has 3 nitrogen and oxygen atoms in total. The van der Waals surface area contributed by atoms with E-state index in [0.29, 0.717) is 0 Å². The Bertz CT molecular complexity index is 21.5. The molecule has 1 saturated heterocycles. The molecule has 0 radical (unpaired) electrons. The Kier molecular flexibility index (Phi) is 1.43. The summed E-state index contributed by atoms with van der Waals surface area (Å²) in [6.45, 7) is 3.66. The topological polar surface area (TPSA) is 49.8 Å². The summed E-state index contributed by atoms with van der Waals surface area (Å²) in [6.07, 6.45) is 0. The largest absolute Gasteiger partial charge is 0.253 e. The first-order valence-corrected chi connectivity index (χ1v) is 2.45. The minimum atomic E-state index is 1.22. The lowest BCUT2D eigenvalue weighted by Crippen LogP contribution is -3.26. The Hall–Kier alpha value is -0.120. The van der Waals surface area contributed by atoms with Crippen LogP contribution in [0.15, 0.2) is 0 Å². The van der Waals surface area contributed by atoms with Crippen molar-refractivity contribution in [2.75, 3.05) is 20.0 Å². The van der Waals surface area contributed by atoms with E-state index in [9.17, 15) is 0 Å². The van der Waals surface area contributed by atoms with Crippen molar-refractivity contribution in [3.8, 4) is 0 Å². The molecular formula is C3H12N3+3. The predicted molar refractivity (Wildman–Crippen MR) is 20.4 cm³/mol. The van der Waals surface area contributed by atoms with E-state index in [1.807, 2.05) is 0 Å². The molecule has 6 heavy (non-hydrogen) atoms. The Balaban J connectivity index is 2.00. The summed E-state index contributed by atoms with van der Waals surface area (Å²) < 4.78 is 0. The molecule has 0 unspecified atom stereocenters. The lowest BCUT2D eigenvalue weighted by atomic mass is 10.8. The summed E-state index contributed by atoms with van der Waals surface area (Å²) in [5.74, 6) is 0. The number of rotatable bonds is 0. The summed E-state index contributed by atoms with van der Waals surface area (Å²) >= 11 is 0. The second-order valence-corrected chi connectivity index (χ2v) is 1.57. The second-order valence-electron chi connectivity index (χ2n) is 1.57. The van der Waals surface area contributed by atoms with Crippen molar-refractivity contribution in [3.05, 3.63) is 0 Å². The van der Waals surface area contributed by atoms with Crippen molar-refractivity contribution in [2.45, 2.75) is 0 Å². The quantitative estimate of drug-likeness (QED) is 0.269. The van der Waals surface area contributed by atoms with E-state index in [1.54, 1.807) is 0 Å². The van der Waals surface area contributed by atoms with Crippen LogP contribution < -0.4 is 16.0 Å². The smallest absolute Gasteiger partial charge is 0.210 e. The van der Waals surface area contributed by atoms with Gasteiger partial charge in [0.05, 0.1) is 0 Å². The van der Waals surface area contributed by atoms with Gasteiger partial charge in [-0.15, -0.1) is 0 Å². The lowest BCUT2D eigenvalue weighted by Gasteiger charge is -2.03. The van der Waals surface area contributed by atoms with Gasteiger partial charge in [-0.25, -0.2) is 0 Å². The highest BCUT2D eigenvalue weighted by Gasteiger charge is 1.99. The van der Waals surface area contributed by atoms with Crippen LogP contribution in [0.5, 0.6) is 0 Å². The zero-order valence-electron chi connectivity index (χ0n) is 3.85. The number of hydrogen-bond acceptors (Lipinski definition) is 0. The van der Waals surface area contributed by atoms with Gasteiger partial charge in [-0.3, -0.25) is 16.0 Å². The first kappa shape index (κ1) is 4.05. The number of quaternary nitrogens is 3. The first-order chi connectivity index (χ1) is 3.00. The van der Waals surface area contributed by atoms with Crippen LogP contribution in [0.4, 0.5) is 0 Å². The summed E-state index contributed by atoms with van der Waals surface area (Å²) in [5, 5.41) is 6.84. The molecule has 1 aliphatic heterocycles. The molecule has 6 N–H and O–H groups in total. The van der Waals surface area contributed by atoms with E-state index in [4.69, 9.17) is 0 Å². The van der Waals surface area contributed by atoms with Crippen molar-refractivity contribution < 1.29 is 16.0 Å². The zero-order chi connectivity index (χ0) is 4.24. The third kappa shape index (κ3) is 0.931. The van der Waals surface area contributed by atoms with Crippen molar-refractivity contribution in [1.82, 2.24) is 0 Å². The number of hydrogen-bond donors (Lipinski definition) is 3. The van der Waals surface area contributed by atoms with Gasteiger partial charge >= 0.3 is 0 Å². The molecule has 0 saturated carbocycles. The molecule has 0 amide bonds. The molecule has 0 bridgehead atoms. The molecule has 0 aliphatic carbocycles. The van der Waals surface area contributed by atoms with Gasteiger partial charge in [0.25, 0.3) is 0 Å². The number of nitrogens with two attached hydrogens (primary N) is 3. The summed E-state index contributed by atoms with van der Waals surface area (Å²) in [7, 11) is 0. The predicted octanol–water partition coefficient (Wildman–Crippen LogP) is -4.44. The van der Waals surface area contributed by atoms with Crippen LogP contribution in [0.25, 0.3) is 0 Å². The summed E-state index contributed by atoms with van der Waals surface area (Å²) in [5.41, 5.74) is 0. The Morgan fingerprint density at radius 2 is 1.00 bits per heavy atom. The SMILES string of the molecule is C1[NH2+]C[NH2+]C[NH2+]1. The molecule has 0 aromatic carbocycles. The van der Waals surface area contributed by atoms with Gasteiger partial charge in [0.2, 0.25) is 20.0 Å². The van der Waals surface area contributed by atoms with Crippen LogP contribution in [-0.2, 0) is 0 Å². The minimum absolute atomic E-state index is 1.22. The third-order valence-corrected chi connectivity index (χ3v) is 1.00. The van der Waals surface area contributed by atoms with E-state index >= 15 is 0 Å². The molecule has 0 aromatic rings. The van der Waals surface area contributed by atoms with Crippen LogP contribution in [0.1, 0.15) is 0 Å². The lowest BCUT2D eigenvalue weighted by molar-refractivity contribution is -1.05. The van der Waals surface area contributed by atoms with Crippen molar-refractivity contribution >= 4 is 0 Å². The fraction of sp³-hybridized carbons (Fsp3) is 1.00. The van der Waals surface area contributed by atoms with Crippen molar-refractivity contribution in [3.63, 3.8) is 0 Å². The van der Waals surface area contributed by atoms with E-state index < -0.39 is 0 Å². The van der Waals surface area contributed by atoms with Gasteiger partial charge < -0.3 is 0 Å². The molecule has 1 rings (SSSR count). The van der Waals surface area contributed by atoms with Crippen molar-refractivity contribution in [2.24, 2.45) is 0 Å². The van der Waals surface area contributed by atoms with Gasteiger partial charge in [0.15, 0.2) is 0 Å². The highest BCUT2D eigenvalue weighted by Crippen LogP contribution is 1.11. The molecular weight excluding hydrogens is 78.1 g/mol. The summed E-state index contributed by atoms with van der Waals surface area (Å²) in [4.78, 5) is 0. The maximum absolute atomic E-state index is 2.28. The van der Waals surface area contributed by atoms with E-state index in [-0.39, 0.29) is 0 Å². The van der Waals surface area contributed by atoms with Gasteiger partial charge in [0.1, 0.15) is 0 Å². The normalized spacial score (nSPS) is 24.0. The highest BCUT2D eigenvalue weighted by atomic mass is 15.2. The molecule has 36 valence electrons. The average Bonchev–Trinajstić information content (AvgIpc) is 1.72. The van der Waals surface area contributed by atoms with Crippen LogP contribution >= 0.6 is 0 Å². The van der Waals surface area contributed by atoms with Gasteiger partial charge in [-0.2, -0.15) is 0 Å². The Labute approximate surface area is 37.1 Å². The molecule has 1 aliphatic rings. The maximum atomic E-state index is 2.28. The molecule has 3 heteroatoms. The standard InChI is InChI=1S/C3H9N3/c1-4-2-6-3-5-1/h4-6H,1-3H2/p+3. The minimum Gasteiger partial charge on any atom is -0.253 e. The van der Waals surface area contributed by atoms with E-state index in [2.05, 4.69) is 16.0 Å². The molecule has 1 fully saturated rings. The maximum Gasteiger partial charge on any atom is 0.210 e. The third-order valence-electron chi connectivity index (χ3n) is 1.00. The monoisotopic (exact) mass is 90.1 g/mol. The van der Waals surface area contributed by atoms with E-state index in [0.717, 1.165) is 0 Å². The fourth-order valence-corrected chi connectivity index (χ4v) is 0.642. The molecule has 0 atom stereocenters. The molecule has 0 aromatic heterocycles. The average molecular weight is 90.2 g/mol. The van der Waals surface area contributed by atoms with E-state index in [1.165, 1.54) is 20.0 Å². The zero-order valence-corrected chi connectivity index (χ0v) is 3.85. The van der Waals surface area contributed by atoms with Crippen LogP contribution in [0, 0.1) is 0 Å². The Morgan fingerprint density at radius 1 is 0.667 bits per heavy atom. The molecule has 1 heterocycles. The highest BCUT2D eigenvalue weighted by molar-refractivity contribution is 3.81. The fourth-order valence-electron chi connectivity index (χ4n) is 0.642. The summed E-state index contributed by atoms with van der Waals surface area (Å²) in [6, 6.07) is 0.